The molecule has 38 heavy (non-hydrogen) atoms. The number of hydrogen-bond donors (Lipinski definition) is 3. The summed E-state index contributed by atoms with van der Waals surface area (Å²) in [5.74, 6) is 0. The molecule has 8 heteroatoms. The summed E-state index contributed by atoms with van der Waals surface area (Å²) in [6.45, 7) is 13.4. The predicted molar refractivity (Wildman–Crippen MR) is 158 cm³/mol. The molecule has 1 aliphatic rings. The third-order valence-electron chi connectivity index (χ3n) is 6.85. The molecule has 4 aromatic rings. The van der Waals surface area contributed by atoms with E-state index in [4.69, 9.17) is 0 Å². The minimum Gasteiger partial charge on any atom is -0.370 e. The quantitative estimate of drug-likeness (QED) is 0.332. The van der Waals surface area contributed by atoms with Crippen LogP contribution in [0, 0.1) is 0 Å². The van der Waals surface area contributed by atoms with Crippen molar-refractivity contribution in [2.75, 3.05) is 43.9 Å². The van der Waals surface area contributed by atoms with Crippen LogP contribution >= 0.6 is 0 Å². The number of aromatic amines is 2. The van der Waals surface area contributed by atoms with Gasteiger partial charge in [0.25, 0.3) is 0 Å². The van der Waals surface area contributed by atoms with Crippen LogP contribution in [0.15, 0.2) is 55.8 Å². The molecule has 5 rings (SSSR count). The van der Waals surface area contributed by atoms with Crippen LogP contribution in [0.4, 0.5) is 11.4 Å². The van der Waals surface area contributed by atoms with Gasteiger partial charge in [0.1, 0.15) is 5.69 Å². The molecule has 1 saturated heterocycles. The molecular weight excluding hydrogens is 472 g/mol. The third kappa shape index (κ3) is 5.40. The minimum atomic E-state index is 0.741. The highest BCUT2D eigenvalue weighted by Gasteiger charge is 2.17. The number of piperidine rings is 1. The lowest BCUT2D eigenvalue weighted by Gasteiger charge is -2.28. The van der Waals surface area contributed by atoms with E-state index in [0.717, 1.165) is 69.6 Å². The maximum Gasteiger partial charge on any atom is 0.116 e. The highest BCUT2D eigenvalue weighted by atomic mass is 15.1. The van der Waals surface area contributed by atoms with Gasteiger partial charge in [-0.2, -0.15) is 5.10 Å². The van der Waals surface area contributed by atoms with Crippen molar-refractivity contribution in [3.63, 3.8) is 0 Å². The monoisotopic (exact) mass is 508 g/mol. The van der Waals surface area contributed by atoms with Gasteiger partial charge in [0.05, 0.1) is 46.5 Å². The summed E-state index contributed by atoms with van der Waals surface area (Å²) in [6, 6.07) is 4.24. The first kappa shape index (κ1) is 25.5. The summed E-state index contributed by atoms with van der Waals surface area (Å²) in [6.07, 6.45) is 15.3. The van der Waals surface area contributed by atoms with Crippen molar-refractivity contribution in [3.8, 4) is 11.4 Å². The number of fused-ring (bicyclic) bond motifs is 1. The van der Waals surface area contributed by atoms with Crippen molar-refractivity contribution >= 4 is 40.0 Å². The van der Waals surface area contributed by atoms with Crippen molar-refractivity contribution < 1.29 is 0 Å². The Morgan fingerprint density at radius 1 is 1.08 bits per heavy atom. The average Bonchev–Trinajstić information content (AvgIpc) is 3.52. The lowest BCUT2D eigenvalue weighted by atomic mass is 10.1. The summed E-state index contributed by atoms with van der Waals surface area (Å²) in [5.41, 5.74) is 7.55. The van der Waals surface area contributed by atoms with Crippen LogP contribution in [0.1, 0.15) is 31.7 Å². The summed E-state index contributed by atoms with van der Waals surface area (Å²) in [4.78, 5) is 17.0. The molecule has 4 aromatic heterocycles. The molecule has 0 atom stereocenters. The highest BCUT2D eigenvalue weighted by Crippen LogP contribution is 2.30. The van der Waals surface area contributed by atoms with Gasteiger partial charge in [-0.3, -0.25) is 15.1 Å². The summed E-state index contributed by atoms with van der Waals surface area (Å²) in [7, 11) is 4.03. The second kappa shape index (κ2) is 11.1. The largest absolute Gasteiger partial charge is 0.370 e. The van der Waals surface area contributed by atoms with Gasteiger partial charge in [0.2, 0.25) is 0 Å². The number of allylic oxidation sites excluding steroid dienone is 1. The molecule has 0 unspecified atom stereocenters. The van der Waals surface area contributed by atoms with E-state index in [1.54, 1.807) is 6.20 Å². The molecule has 0 bridgehead atoms. The minimum absolute atomic E-state index is 0.741. The normalized spacial score (nSPS) is 15.0. The Morgan fingerprint density at radius 3 is 2.63 bits per heavy atom. The number of H-pyrrole nitrogens is 2. The first-order chi connectivity index (χ1) is 18.4. The van der Waals surface area contributed by atoms with Crippen molar-refractivity contribution in [1.82, 2.24) is 30.0 Å². The van der Waals surface area contributed by atoms with Crippen molar-refractivity contribution in [2.45, 2.75) is 26.2 Å². The van der Waals surface area contributed by atoms with E-state index < -0.39 is 0 Å². The van der Waals surface area contributed by atoms with Gasteiger partial charge in [-0.25, -0.2) is 0 Å². The van der Waals surface area contributed by atoms with Crippen molar-refractivity contribution in [1.29, 1.82) is 0 Å². The standard InChI is InChI=1S/C30H36N8/c1-6-26-25(12-20(2)22-13-23(16-31-15-22)33-21(3)19-37(4)5)30(36-35-26)27-14-24-28(34-27)17-32-18-29(24)38-10-8-7-9-11-38/h6,12-18,33-35H,2-3,7-11,19H2,1,4-5H3/b25-12+,26-6+. The second-order valence-electron chi connectivity index (χ2n) is 10.1. The molecule has 0 spiro atoms. The second-order valence-corrected chi connectivity index (χ2v) is 10.1. The van der Waals surface area contributed by atoms with E-state index in [2.05, 4.69) is 65.6 Å². The van der Waals surface area contributed by atoms with Crippen LogP contribution in [-0.2, 0) is 0 Å². The smallest absolute Gasteiger partial charge is 0.116 e. The van der Waals surface area contributed by atoms with Crippen LogP contribution in [0.2, 0.25) is 0 Å². The molecule has 8 nitrogen and oxygen atoms in total. The molecule has 0 saturated carbocycles. The Balaban J connectivity index is 1.50. The Bertz CT molecular complexity index is 1580. The van der Waals surface area contributed by atoms with Gasteiger partial charge in [0.15, 0.2) is 0 Å². The molecule has 0 aromatic carbocycles. The Hall–Kier alpha value is -4.17. The highest BCUT2D eigenvalue weighted by molar-refractivity contribution is 5.95. The van der Waals surface area contributed by atoms with Gasteiger partial charge in [-0.05, 0) is 64.1 Å². The third-order valence-corrected chi connectivity index (χ3v) is 6.85. The number of rotatable bonds is 8. The van der Waals surface area contributed by atoms with Gasteiger partial charge in [0, 0.05) is 47.7 Å². The van der Waals surface area contributed by atoms with Gasteiger partial charge in [-0.15, -0.1) is 0 Å². The molecule has 1 aliphatic heterocycles. The number of anilines is 2. The fraction of sp³-hybridized carbons (Fsp3) is 0.300. The lowest BCUT2D eigenvalue weighted by Crippen LogP contribution is -2.29. The number of aromatic nitrogens is 5. The molecule has 196 valence electrons. The maximum atomic E-state index is 4.69. The van der Waals surface area contributed by atoms with E-state index >= 15 is 0 Å². The number of pyridine rings is 2. The summed E-state index contributed by atoms with van der Waals surface area (Å²) < 4.78 is 0. The van der Waals surface area contributed by atoms with E-state index in [9.17, 15) is 0 Å². The Morgan fingerprint density at radius 2 is 1.87 bits per heavy atom. The zero-order valence-electron chi connectivity index (χ0n) is 22.5. The lowest BCUT2D eigenvalue weighted by molar-refractivity contribution is 0.447. The molecule has 0 aliphatic carbocycles. The molecule has 5 heterocycles. The Labute approximate surface area is 223 Å². The first-order valence-electron chi connectivity index (χ1n) is 13.1. The number of likely N-dealkylation sites (N-methyl/N-ethyl adjacent to an activating group) is 1. The van der Waals surface area contributed by atoms with E-state index in [1.165, 1.54) is 30.3 Å². The molecular formula is C30H36N8. The topological polar surface area (TPSA) is 88.8 Å². The maximum absolute atomic E-state index is 4.69. The van der Waals surface area contributed by atoms with Gasteiger partial charge >= 0.3 is 0 Å². The fourth-order valence-corrected chi connectivity index (χ4v) is 5.05. The molecule has 0 amide bonds. The molecule has 3 N–H and O–H groups in total. The molecule has 0 radical (unpaired) electrons. The van der Waals surface area contributed by atoms with Crippen LogP contribution in [0.5, 0.6) is 0 Å². The van der Waals surface area contributed by atoms with E-state index in [0.29, 0.717) is 0 Å². The number of nitrogens with zero attached hydrogens (tertiary/aromatic N) is 5. The SMILES string of the molecule is C=C(CN(C)C)Nc1cncc(C(=C)/C=c2/c(-c3cc4c(N5CCCCC5)cncc4[nH]3)n[nH]/c2=C/C)c1. The van der Waals surface area contributed by atoms with Crippen molar-refractivity contribution in [3.05, 3.63) is 71.9 Å². The van der Waals surface area contributed by atoms with Crippen molar-refractivity contribution in [2.24, 2.45) is 0 Å². The van der Waals surface area contributed by atoms with Crippen LogP contribution in [0.3, 0.4) is 0 Å². The summed E-state index contributed by atoms with van der Waals surface area (Å²) in [5, 5.41) is 14.3. The van der Waals surface area contributed by atoms with Crippen LogP contribution in [0.25, 0.3) is 40.0 Å². The Kier molecular flexibility index (Phi) is 7.42. The van der Waals surface area contributed by atoms with Gasteiger partial charge < -0.3 is 20.1 Å². The fourth-order valence-electron chi connectivity index (χ4n) is 5.05. The van der Waals surface area contributed by atoms with Gasteiger partial charge in [-0.1, -0.05) is 19.2 Å². The predicted octanol–water partition coefficient (Wildman–Crippen LogP) is 4.12. The zero-order chi connectivity index (χ0) is 26.6. The molecule has 1 fully saturated rings. The van der Waals surface area contributed by atoms with Crippen LogP contribution < -0.4 is 20.8 Å². The zero-order valence-corrected chi connectivity index (χ0v) is 22.5. The average molecular weight is 509 g/mol. The number of nitrogens with one attached hydrogen (secondary N) is 3. The van der Waals surface area contributed by atoms with Crippen LogP contribution in [-0.4, -0.2) is 63.8 Å². The van der Waals surface area contributed by atoms with E-state index in [-0.39, 0.29) is 0 Å². The van der Waals surface area contributed by atoms with E-state index in [1.807, 2.05) is 51.8 Å². The summed E-state index contributed by atoms with van der Waals surface area (Å²) >= 11 is 0. The number of hydrogen-bond acceptors (Lipinski definition) is 6. The first-order valence-corrected chi connectivity index (χ1v) is 13.1.